The normalized spacial score (nSPS) is 13.2. The minimum Gasteiger partial charge on any atom is -0.352 e. The van der Waals surface area contributed by atoms with Gasteiger partial charge in [0.2, 0.25) is 11.8 Å². The van der Waals surface area contributed by atoms with Crippen molar-refractivity contribution in [2.45, 2.75) is 70.2 Å². The molecule has 11 heteroatoms. The van der Waals surface area contributed by atoms with Crippen LogP contribution in [-0.4, -0.2) is 43.8 Å². The molecule has 0 aromatic heterocycles. The summed E-state index contributed by atoms with van der Waals surface area (Å²) < 4.78 is 69.1. The van der Waals surface area contributed by atoms with Crippen LogP contribution in [0.5, 0.6) is 0 Å². The number of alkyl halides is 3. The molecule has 2 atom stereocenters. The third-order valence-corrected chi connectivity index (χ3v) is 8.72. The van der Waals surface area contributed by atoms with Gasteiger partial charge in [-0.15, -0.1) is 0 Å². The number of nitrogens with one attached hydrogen (secondary N) is 1. The summed E-state index contributed by atoms with van der Waals surface area (Å²) in [5, 5.41) is 2.89. The highest BCUT2D eigenvalue weighted by Crippen LogP contribution is 2.33. The number of amides is 2. The second kappa shape index (κ2) is 13.9. The number of sulfonamides is 1. The lowest BCUT2D eigenvalue weighted by atomic mass is 10.1. The van der Waals surface area contributed by atoms with Gasteiger partial charge in [0.1, 0.15) is 12.6 Å². The molecule has 0 heterocycles. The first-order valence-electron chi connectivity index (χ1n) is 13.7. The van der Waals surface area contributed by atoms with Gasteiger partial charge >= 0.3 is 6.18 Å². The molecule has 0 saturated carbocycles. The SMILES string of the molecule is CCC(C)NC(=O)C(CC)N(Cc1ccc(C)cc1)C(=O)CN(c1cccc(C(F)(F)F)c1)S(=O)(=O)c1ccccc1. The molecule has 0 aliphatic carbocycles. The summed E-state index contributed by atoms with van der Waals surface area (Å²) in [6, 6.07) is 17.2. The zero-order valence-electron chi connectivity index (χ0n) is 24.1. The summed E-state index contributed by atoms with van der Waals surface area (Å²) in [5.74, 6) is -1.14. The number of carbonyl (C=O) groups is 2. The smallest absolute Gasteiger partial charge is 0.352 e. The van der Waals surface area contributed by atoms with Crippen LogP contribution in [-0.2, 0) is 32.3 Å². The summed E-state index contributed by atoms with van der Waals surface area (Å²) in [6.45, 7) is 6.55. The number of hydrogen-bond acceptors (Lipinski definition) is 4. The number of aryl methyl sites for hydroxylation is 1. The molecule has 7 nitrogen and oxygen atoms in total. The second-order valence-corrected chi connectivity index (χ2v) is 12.0. The third-order valence-electron chi connectivity index (χ3n) is 6.93. The number of anilines is 1. The number of halogens is 3. The van der Waals surface area contributed by atoms with Crippen LogP contribution in [0.1, 0.15) is 50.3 Å². The third kappa shape index (κ3) is 8.12. The zero-order chi connectivity index (χ0) is 31.1. The number of nitrogens with zero attached hydrogens (tertiary/aromatic N) is 2. The van der Waals surface area contributed by atoms with Gasteiger partial charge < -0.3 is 10.2 Å². The summed E-state index contributed by atoms with van der Waals surface area (Å²) >= 11 is 0. The van der Waals surface area contributed by atoms with E-state index >= 15 is 0 Å². The summed E-state index contributed by atoms with van der Waals surface area (Å²) in [7, 11) is -4.48. The first kappa shape index (κ1) is 32.7. The lowest BCUT2D eigenvalue weighted by molar-refractivity contribution is -0.140. The van der Waals surface area contributed by atoms with Gasteiger partial charge in [0.25, 0.3) is 10.0 Å². The largest absolute Gasteiger partial charge is 0.416 e. The van der Waals surface area contributed by atoms with Crippen molar-refractivity contribution in [2.24, 2.45) is 0 Å². The first-order valence-corrected chi connectivity index (χ1v) is 15.1. The number of carbonyl (C=O) groups excluding carboxylic acids is 2. The molecule has 0 saturated heterocycles. The van der Waals surface area contributed by atoms with Crippen LogP contribution in [0, 0.1) is 6.92 Å². The Kier molecular flexibility index (Phi) is 10.8. The molecule has 3 aromatic rings. The number of hydrogen-bond donors (Lipinski definition) is 1. The molecular weight excluding hydrogens is 567 g/mol. The van der Waals surface area contributed by atoms with Crippen molar-refractivity contribution in [3.63, 3.8) is 0 Å². The zero-order valence-corrected chi connectivity index (χ0v) is 24.9. The minimum atomic E-state index is -4.74. The molecule has 2 unspecified atom stereocenters. The molecule has 42 heavy (non-hydrogen) atoms. The molecule has 0 radical (unpaired) electrons. The van der Waals surface area contributed by atoms with Gasteiger partial charge in [-0.1, -0.05) is 67.9 Å². The molecule has 0 fully saturated rings. The van der Waals surface area contributed by atoms with Crippen LogP contribution in [0.2, 0.25) is 0 Å². The van der Waals surface area contributed by atoms with Gasteiger partial charge in [-0.3, -0.25) is 13.9 Å². The van der Waals surface area contributed by atoms with Gasteiger partial charge in [-0.05, 0) is 62.6 Å². The first-order chi connectivity index (χ1) is 19.8. The molecule has 0 bridgehead atoms. The second-order valence-electron chi connectivity index (χ2n) is 10.1. The van der Waals surface area contributed by atoms with Crippen molar-refractivity contribution in [2.75, 3.05) is 10.8 Å². The topological polar surface area (TPSA) is 86.8 Å². The van der Waals surface area contributed by atoms with Gasteiger partial charge in [-0.25, -0.2) is 8.42 Å². The molecule has 0 aliphatic rings. The molecule has 3 aromatic carbocycles. The quantitative estimate of drug-likeness (QED) is 0.278. The Morgan fingerprint density at radius 2 is 1.55 bits per heavy atom. The van der Waals surface area contributed by atoms with Gasteiger partial charge in [0, 0.05) is 12.6 Å². The van der Waals surface area contributed by atoms with Crippen molar-refractivity contribution in [3.8, 4) is 0 Å². The summed E-state index contributed by atoms with van der Waals surface area (Å²) in [4.78, 5) is 28.4. The monoisotopic (exact) mass is 603 g/mol. The van der Waals surface area contributed by atoms with Crippen LogP contribution < -0.4 is 9.62 Å². The Balaban J connectivity index is 2.10. The lowest BCUT2D eigenvalue weighted by Gasteiger charge is -2.34. The Labute approximate surface area is 245 Å². The lowest BCUT2D eigenvalue weighted by Crippen LogP contribution is -2.53. The summed E-state index contributed by atoms with van der Waals surface area (Å²) in [6.07, 6.45) is -3.84. The molecule has 0 spiro atoms. The fourth-order valence-corrected chi connectivity index (χ4v) is 5.76. The predicted octanol–water partition coefficient (Wildman–Crippen LogP) is 5.93. The van der Waals surface area contributed by atoms with Crippen molar-refractivity contribution >= 4 is 27.5 Å². The molecule has 2 amide bonds. The van der Waals surface area contributed by atoms with E-state index in [9.17, 15) is 31.2 Å². The van der Waals surface area contributed by atoms with Crippen LogP contribution in [0.3, 0.4) is 0 Å². The maximum atomic E-state index is 14.0. The average Bonchev–Trinajstić information content (AvgIpc) is 2.96. The van der Waals surface area contributed by atoms with Gasteiger partial charge in [0.05, 0.1) is 16.1 Å². The molecule has 3 rings (SSSR count). The van der Waals surface area contributed by atoms with E-state index in [1.165, 1.54) is 35.2 Å². The molecule has 226 valence electrons. The fraction of sp³-hybridized carbons (Fsp3) is 0.355. The standard InChI is InChI=1S/C31H36F3N3O4S/c1-5-23(4)35-30(39)28(6-2)36(20-24-17-15-22(3)16-18-24)29(38)21-37(42(40,41)27-13-8-7-9-14-27)26-12-10-11-25(19-26)31(32,33)34/h7-19,23,28H,5-6,20-21H2,1-4H3,(H,35,39). The molecule has 0 aliphatic heterocycles. The van der Waals surface area contributed by atoms with Crippen molar-refractivity contribution < 1.29 is 31.2 Å². The van der Waals surface area contributed by atoms with Crippen molar-refractivity contribution in [1.82, 2.24) is 10.2 Å². The van der Waals surface area contributed by atoms with E-state index in [0.29, 0.717) is 22.4 Å². The fourth-order valence-electron chi connectivity index (χ4n) is 4.34. The highest BCUT2D eigenvalue weighted by atomic mass is 32.2. The highest BCUT2D eigenvalue weighted by Gasteiger charge is 2.36. The Morgan fingerprint density at radius 1 is 0.905 bits per heavy atom. The maximum absolute atomic E-state index is 14.0. The van der Waals surface area contributed by atoms with Crippen LogP contribution in [0.4, 0.5) is 18.9 Å². The van der Waals surface area contributed by atoms with Crippen LogP contribution in [0.25, 0.3) is 0 Å². The van der Waals surface area contributed by atoms with E-state index in [1.54, 1.807) is 25.1 Å². The van der Waals surface area contributed by atoms with Crippen LogP contribution >= 0.6 is 0 Å². The maximum Gasteiger partial charge on any atom is 0.416 e. The Hall–Kier alpha value is -3.86. The van der Waals surface area contributed by atoms with E-state index in [4.69, 9.17) is 0 Å². The van der Waals surface area contributed by atoms with E-state index in [1.807, 2.05) is 32.9 Å². The van der Waals surface area contributed by atoms with Gasteiger partial charge in [-0.2, -0.15) is 13.2 Å². The van der Waals surface area contributed by atoms with Crippen molar-refractivity contribution in [3.05, 3.63) is 95.6 Å². The van der Waals surface area contributed by atoms with E-state index in [2.05, 4.69) is 5.32 Å². The summed E-state index contributed by atoms with van der Waals surface area (Å²) in [5.41, 5.74) is 0.314. The number of benzene rings is 3. The van der Waals surface area contributed by atoms with E-state index in [-0.39, 0.29) is 29.6 Å². The predicted molar refractivity (Wildman–Crippen MR) is 156 cm³/mol. The molecular formula is C31H36F3N3O4S. The minimum absolute atomic E-state index is 0.00659. The molecule has 1 N–H and O–H groups in total. The highest BCUT2D eigenvalue weighted by molar-refractivity contribution is 7.92. The van der Waals surface area contributed by atoms with Crippen molar-refractivity contribution in [1.29, 1.82) is 0 Å². The van der Waals surface area contributed by atoms with Crippen LogP contribution in [0.15, 0.2) is 83.8 Å². The number of rotatable bonds is 12. The average molecular weight is 604 g/mol. The van der Waals surface area contributed by atoms with E-state index < -0.39 is 46.2 Å². The van der Waals surface area contributed by atoms with E-state index in [0.717, 1.165) is 17.7 Å². The Morgan fingerprint density at radius 3 is 2.12 bits per heavy atom. The van der Waals surface area contributed by atoms with Gasteiger partial charge in [0.15, 0.2) is 0 Å². The Bertz CT molecular complexity index is 1460.